The Morgan fingerprint density at radius 2 is 1.78 bits per heavy atom. The van der Waals surface area contributed by atoms with Gasteiger partial charge in [-0.2, -0.15) is 0 Å². The minimum Gasteiger partial charge on any atom is -0.493 e. The van der Waals surface area contributed by atoms with Gasteiger partial charge in [0.05, 0.1) is 44.6 Å². The summed E-state index contributed by atoms with van der Waals surface area (Å²) in [6.07, 6.45) is 0.241. The number of ether oxygens (including phenoxy) is 4. The zero-order valence-electron chi connectivity index (χ0n) is 20.6. The molecule has 2 aliphatic heterocycles. The molecule has 2 aliphatic rings. The fraction of sp³-hybridized carbons (Fsp3) is 0.286. The third-order valence-electron chi connectivity index (χ3n) is 6.53. The number of rotatable bonds is 7. The second-order valence-electron chi connectivity index (χ2n) is 8.71. The Kier molecular flexibility index (Phi) is 6.66. The molecule has 186 valence electrons. The summed E-state index contributed by atoms with van der Waals surface area (Å²) in [4.78, 5) is 20.0. The molecule has 1 atom stereocenters. The largest absolute Gasteiger partial charge is 0.493 e. The highest BCUT2D eigenvalue weighted by molar-refractivity contribution is 6.16. The molecular weight excluding hydrogens is 458 g/mol. The number of likely N-dealkylation sites (N-methyl/N-ethyl adjacent to an activating group) is 1. The van der Waals surface area contributed by atoms with Crippen LogP contribution in [0.3, 0.4) is 0 Å². The molecule has 0 radical (unpaired) electrons. The van der Waals surface area contributed by atoms with Crippen LogP contribution in [0.4, 0.5) is 5.69 Å². The predicted octanol–water partition coefficient (Wildman–Crippen LogP) is 3.45. The molecule has 5 rings (SSSR count). The minimum atomic E-state index is -0.0713. The van der Waals surface area contributed by atoms with E-state index in [9.17, 15) is 4.79 Å². The molecule has 0 fully saturated rings. The van der Waals surface area contributed by atoms with Gasteiger partial charge < -0.3 is 29.2 Å². The van der Waals surface area contributed by atoms with Crippen molar-refractivity contribution in [3.8, 4) is 23.0 Å². The van der Waals surface area contributed by atoms with Gasteiger partial charge in [0, 0.05) is 30.8 Å². The van der Waals surface area contributed by atoms with Crippen molar-refractivity contribution in [2.75, 3.05) is 46.0 Å². The SMILES string of the molecule is COc1ccc(CC(=O)NCC2CN=C(c3ccccc3)c3cc4c(cc3N2C)OCO4)cc1OC. The summed E-state index contributed by atoms with van der Waals surface area (Å²) in [7, 11) is 5.19. The van der Waals surface area contributed by atoms with Crippen LogP contribution in [-0.4, -0.2) is 58.8 Å². The number of nitrogens with zero attached hydrogens (tertiary/aromatic N) is 2. The maximum atomic E-state index is 12.8. The third-order valence-corrected chi connectivity index (χ3v) is 6.53. The van der Waals surface area contributed by atoms with Crippen molar-refractivity contribution < 1.29 is 23.7 Å². The van der Waals surface area contributed by atoms with E-state index in [2.05, 4.69) is 22.3 Å². The molecule has 0 bridgehead atoms. The second kappa shape index (κ2) is 10.2. The smallest absolute Gasteiger partial charge is 0.231 e. The summed E-state index contributed by atoms with van der Waals surface area (Å²) >= 11 is 0. The molecule has 0 spiro atoms. The van der Waals surface area contributed by atoms with Gasteiger partial charge in [0.1, 0.15) is 0 Å². The van der Waals surface area contributed by atoms with E-state index >= 15 is 0 Å². The lowest BCUT2D eigenvalue weighted by molar-refractivity contribution is -0.120. The van der Waals surface area contributed by atoms with Gasteiger partial charge in [-0.3, -0.25) is 9.79 Å². The number of carbonyl (C=O) groups excluding carboxylic acids is 1. The lowest BCUT2D eigenvalue weighted by Gasteiger charge is -2.29. The molecule has 1 unspecified atom stereocenters. The average molecular weight is 488 g/mol. The lowest BCUT2D eigenvalue weighted by Crippen LogP contribution is -2.44. The van der Waals surface area contributed by atoms with Gasteiger partial charge in [-0.1, -0.05) is 36.4 Å². The summed E-state index contributed by atoms with van der Waals surface area (Å²) in [6, 6.07) is 19.6. The highest BCUT2D eigenvalue weighted by atomic mass is 16.7. The van der Waals surface area contributed by atoms with Crippen LogP contribution in [0.1, 0.15) is 16.7 Å². The van der Waals surface area contributed by atoms with Crippen molar-refractivity contribution >= 4 is 17.3 Å². The van der Waals surface area contributed by atoms with E-state index in [-0.39, 0.29) is 25.2 Å². The van der Waals surface area contributed by atoms with Crippen LogP contribution in [0.2, 0.25) is 0 Å². The number of methoxy groups -OCH3 is 2. The summed E-state index contributed by atoms with van der Waals surface area (Å²) in [6.45, 7) is 1.18. The molecule has 36 heavy (non-hydrogen) atoms. The zero-order chi connectivity index (χ0) is 25.1. The van der Waals surface area contributed by atoms with E-state index in [1.165, 1.54) is 0 Å². The summed E-state index contributed by atoms with van der Waals surface area (Å²) in [5, 5.41) is 3.09. The van der Waals surface area contributed by atoms with E-state index in [4.69, 9.17) is 23.9 Å². The maximum Gasteiger partial charge on any atom is 0.231 e. The van der Waals surface area contributed by atoms with Gasteiger partial charge in [0.2, 0.25) is 12.7 Å². The molecule has 1 N–H and O–H groups in total. The van der Waals surface area contributed by atoms with Crippen LogP contribution in [0.5, 0.6) is 23.0 Å². The van der Waals surface area contributed by atoms with E-state index < -0.39 is 0 Å². The van der Waals surface area contributed by atoms with Crippen LogP contribution in [0.15, 0.2) is 65.7 Å². The number of fused-ring (bicyclic) bond motifs is 2. The first-order valence-corrected chi connectivity index (χ1v) is 11.8. The summed E-state index contributed by atoms with van der Waals surface area (Å²) < 4.78 is 21.9. The van der Waals surface area contributed by atoms with E-state index in [0.717, 1.165) is 28.1 Å². The fourth-order valence-corrected chi connectivity index (χ4v) is 4.53. The highest BCUT2D eigenvalue weighted by Gasteiger charge is 2.28. The third kappa shape index (κ3) is 4.66. The first kappa shape index (κ1) is 23.5. The van der Waals surface area contributed by atoms with E-state index in [1.807, 2.05) is 55.6 Å². The number of aliphatic imine (C=N–C) groups is 1. The van der Waals surface area contributed by atoms with E-state index in [0.29, 0.717) is 36.1 Å². The van der Waals surface area contributed by atoms with Gasteiger partial charge in [-0.05, 0) is 23.8 Å². The standard InChI is InChI=1S/C28H29N3O5/c1-31-20(15-29-27(32)12-18-9-10-23(33-2)24(11-18)34-3)16-30-28(19-7-5-4-6-8-19)21-13-25-26(14-22(21)31)36-17-35-25/h4-11,13-14,20H,12,15-17H2,1-3H3,(H,29,32). The number of amides is 1. The molecule has 0 saturated carbocycles. The van der Waals surface area contributed by atoms with Crippen molar-refractivity contribution in [1.29, 1.82) is 0 Å². The summed E-state index contributed by atoms with van der Waals surface area (Å²) in [5.74, 6) is 2.59. The van der Waals surface area contributed by atoms with Gasteiger partial charge in [-0.15, -0.1) is 0 Å². The second-order valence-corrected chi connectivity index (χ2v) is 8.71. The summed E-state index contributed by atoms with van der Waals surface area (Å²) in [5.41, 5.74) is 4.74. The van der Waals surface area contributed by atoms with Crippen LogP contribution >= 0.6 is 0 Å². The van der Waals surface area contributed by atoms with Crippen molar-refractivity contribution in [3.63, 3.8) is 0 Å². The first-order valence-electron chi connectivity index (χ1n) is 11.8. The van der Waals surface area contributed by atoms with Crippen molar-refractivity contribution in [2.24, 2.45) is 4.99 Å². The van der Waals surface area contributed by atoms with Crippen molar-refractivity contribution in [3.05, 3.63) is 77.4 Å². The topological polar surface area (TPSA) is 81.6 Å². The molecule has 8 nitrogen and oxygen atoms in total. The lowest BCUT2D eigenvalue weighted by atomic mass is 9.99. The average Bonchev–Trinajstić information content (AvgIpc) is 3.32. The number of benzene rings is 3. The first-order chi connectivity index (χ1) is 17.6. The van der Waals surface area contributed by atoms with Gasteiger partial charge >= 0.3 is 0 Å². The number of carbonyl (C=O) groups is 1. The quantitative estimate of drug-likeness (QED) is 0.550. The van der Waals surface area contributed by atoms with Crippen LogP contribution < -0.4 is 29.2 Å². The maximum absolute atomic E-state index is 12.8. The van der Waals surface area contributed by atoms with Crippen LogP contribution in [0, 0.1) is 0 Å². The molecule has 1 amide bonds. The number of hydrogen-bond acceptors (Lipinski definition) is 7. The van der Waals surface area contributed by atoms with Gasteiger partial charge in [-0.25, -0.2) is 0 Å². The molecule has 0 aliphatic carbocycles. The van der Waals surface area contributed by atoms with Gasteiger partial charge in [0.15, 0.2) is 23.0 Å². The molecule has 2 heterocycles. The van der Waals surface area contributed by atoms with Crippen molar-refractivity contribution in [1.82, 2.24) is 5.32 Å². The Morgan fingerprint density at radius 3 is 2.53 bits per heavy atom. The Bertz CT molecular complexity index is 1290. The zero-order valence-corrected chi connectivity index (χ0v) is 20.6. The Labute approximate surface area is 210 Å². The van der Waals surface area contributed by atoms with Crippen molar-refractivity contribution in [2.45, 2.75) is 12.5 Å². The number of anilines is 1. The monoisotopic (exact) mass is 487 g/mol. The molecule has 3 aromatic rings. The molecular formula is C28H29N3O5. The Hall–Kier alpha value is -4.20. The molecule has 0 saturated heterocycles. The van der Waals surface area contributed by atoms with Gasteiger partial charge in [0.25, 0.3) is 0 Å². The predicted molar refractivity (Wildman–Crippen MR) is 138 cm³/mol. The Balaban J connectivity index is 1.36. The number of hydrogen-bond donors (Lipinski definition) is 1. The highest BCUT2D eigenvalue weighted by Crippen LogP contribution is 2.40. The molecule has 8 heteroatoms. The fourth-order valence-electron chi connectivity index (χ4n) is 4.53. The molecule has 0 aromatic heterocycles. The normalized spacial score (nSPS) is 16.0. The van der Waals surface area contributed by atoms with Crippen LogP contribution in [0.25, 0.3) is 0 Å². The number of nitrogens with one attached hydrogen (secondary N) is 1. The molecule has 3 aromatic carbocycles. The minimum absolute atomic E-state index is 0.0420. The van der Waals surface area contributed by atoms with E-state index in [1.54, 1.807) is 14.2 Å². The Morgan fingerprint density at radius 1 is 1.03 bits per heavy atom. The van der Waals surface area contributed by atoms with Crippen LogP contribution in [-0.2, 0) is 11.2 Å².